The largest absolute Gasteiger partial charge is 0.362 e. The number of benzene rings is 6. The highest BCUT2D eigenvalue weighted by Gasteiger charge is 2.42. The highest BCUT2D eigenvalue weighted by molar-refractivity contribution is 6.14. The van der Waals surface area contributed by atoms with Crippen LogP contribution in [0.5, 0.6) is 0 Å². The van der Waals surface area contributed by atoms with Crippen molar-refractivity contribution in [1.82, 2.24) is 0 Å². The summed E-state index contributed by atoms with van der Waals surface area (Å²) in [6.45, 7) is 4.00. The smallest absolute Gasteiger partial charge is 0.218 e. The minimum Gasteiger partial charge on any atom is -0.362 e. The summed E-state index contributed by atoms with van der Waals surface area (Å²) in [4.78, 5) is 4.96. The van der Waals surface area contributed by atoms with Crippen LogP contribution in [-0.4, -0.2) is 19.9 Å². The highest BCUT2D eigenvalue weighted by Crippen LogP contribution is 2.40. The number of ether oxygens (including phenoxy) is 1. The van der Waals surface area contributed by atoms with Crippen LogP contribution in [0.2, 0.25) is 0 Å². The van der Waals surface area contributed by atoms with E-state index in [1.54, 1.807) is 14.2 Å². The fraction of sp³-hybridized carbons (Fsp3) is 0.190. The maximum absolute atomic E-state index is 9.26. The third-order valence-corrected chi connectivity index (χ3v) is 13.6. The van der Waals surface area contributed by atoms with Gasteiger partial charge in [-0.2, -0.15) is 0 Å². The first-order chi connectivity index (χ1) is 33.8. The third kappa shape index (κ3) is 9.68. The van der Waals surface area contributed by atoms with Crippen molar-refractivity contribution in [2.75, 3.05) is 14.2 Å². The van der Waals surface area contributed by atoms with Crippen LogP contribution >= 0.6 is 0 Å². The van der Waals surface area contributed by atoms with Crippen molar-refractivity contribution < 1.29 is 18.0 Å². The van der Waals surface area contributed by atoms with Gasteiger partial charge in [0.25, 0.3) is 0 Å². The Morgan fingerprint density at radius 3 is 1.75 bits per heavy atom. The number of hydrogen-bond acceptors (Lipinski definition) is 2. The molecular formula is C63H63N3O+2. The first kappa shape index (κ1) is 42.4. The molecular weight excluding hydrogens is 815 g/mol. The molecule has 334 valence electrons. The van der Waals surface area contributed by atoms with Crippen LogP contribution in [0.4, 0.5) is 0 Å². The molecule has 2 aromatic heterocycles. The summed E-state index contributed by atoms with van der Waals surface area (Å²) in [5.41, 5.74) is 13.7. The van der Waals surface area contributed by atoms with E-state index in [0.717, 1.165) is 72.6 Å². The summed E-state index contributed by atoms with van der Waals surface area (Å²) in [5, 5.41) is 0. The van der Waals surface area contributed by atoms with Crippen molar-refractivity contribution in [2.45, 2.75) is 51.5 Å². The number of pyridine rings is 2. The van der Waals surface area contributed by atoms with E-state index in [1.165, 1.54) is 0 Å². The first-order valence-corrected chi connectivity index (χ1v) is 23.1. The summed E-state index contributed by atoms with van der Waals surface area (Å²) >= 11 is 0. The van der Waals surface area contributed by atoms with Crippen LogP contribution in [0.25, 0.3) is 27.8 Å². The number of rotatable bonds is 15. The summed E-state index contributed by atoms with van der Waals surface area (Å²) in [6.07, 6.45) is 9.00. The quantitative estimate of drug-likeness (QED) is 0.0573. The van der Waals surface area contributed by atoms with E-state index in [-0.39, 0.29) is 5.57 Å². The number of aromatic nitrogens is 2. The lowest BCUT2D eigenvalue weighted by atomic mass is 9.73. The minimum atomic E-state index is -2.48. The Labute approximate surface area is 403 Å². The third-order valence-electron chi connectivity index (χ3n) is 13.6. The molecule has 4 heteroatoms. The van der Waals surface area contributed by atoms with Crippen LogP contribution < -0.4 is 9.13 Å². The van der Waals surface area contributed by atoms with Gasteiger partial charge in [-0.05, 0) is 113 Å². The lowest BCUT2D eigenvalue weighted by Crippen LogP contribution is -2.46. The molecule has 2 heterocycles. The van der Waals surface area contributed by atoms with E-state index in [1.807, 2.05) is 60.7 Å². The van der Waals surface area contributed by atoms with Crippen LogP contribution in [0, 0.1) is 13.8 Å². The second kappa shape index (κ2) is 20.5. The number of nitrogens with zero attached hydrogens (tertiary/aromatic N) is 3. The molecule has 0 aliphatic carbocycles. The van der Waals surface area contributed by atoms with Gasteiger partial charge in [-0.15, -0.1) is 0 Å². The monoisotopic (exact) mass is 881 g/mol. The molecule has 0 spiro atoms. The average molecular weight is 881 g/mol. The normalized spacial score (nSPS) is 14.9. The summed E-state index contributed by atoms with van der Waals surface area (Å²) in [5.74, 6) is 0. The molecule has 8 aromatic rings. The van der Waals surface area contributed by atoms with Gasteiger partial charge in [-0.1, -0.05) is 164 Å². The standard InChI is InChI=1S/C63H63N3O/c1-46(40-41-62(4,58-29-16-15-22-47(58)2)60-30-17-19-42-65(60)6)57(53-34-32-51(33-35-53)49-23-11-9-12-24-49)44-59(64-5)56-28-21-27-54(48(56)3)45-63(67-8,61-31-18-20-43-66(61)7)55-38-36-52(37-39-55)50-25-13-10-14-26-50/h9-40,42-44H,41,45H2,1-8H3/q+2/b46-40+,57-44+,64-59?/i1D3. The van der Waals surface area contributed by atoms with Crippen LogP contribution in [0.15, 0.2) is 223 Å². The Morgan fingerprint density at radius 1 is 0.627 bits per heavy atom. The number of hydrogen-bond donors (Lipinski definition) is 0. The molecule has 0 saturated heterocycles. The molecule has 0 fully saturated rings. The zero-order valence-corrected chi connectivity index (χ0v) is 39.9. The summed E-state index contributed by atoms with van der Waals surface area (Å²) in [7, 11) is 7.69. The van der Waals surface area contributed by atoms with E-state index in [4.69, 9.17) is 9.73 Å². The Morgan fingerprint density at radius 2 is 1.18 bits per heavy atom. The van der Waals surface area contributed by atoms with Gasteiger partial charge in [0.05, 0.1) is 11.1 Å². The van der Waals surface area contributed by atoms with E-state index < -0.39 is 17.9 Å². The van der Waals surface area contributed by atoms with Gasteiger partial charge in [0.2, 0.25) is 5.69 Å². The SMILES string of the molecule is [2H]C([2H])([2H])C(=C\CC(C)(c1ccccc1C)c1cccc[n+]1C)/C(=C\C(=NC)c1cccc(CC(OC)(c2ccc(-c3ccccc3)cc2)c2cccc[n+]2C)c1C)c1ccc(-c2ccccc2)cc1. The number of aliphatic imine (C=N–C) groups is 1. The molecule has 0 bridgehead atoms. The number of aryl methyl sites for hydroxylation is 3. The van der Waals surface area contributed by atoms with Crippen molar-refractivity contribution in [2.24, 2.45) is 19.1 Å². The van der Waals surface area contributed by atoms with Gasteiger partial charge in [0.15, 0.2) is 23.7 Å². The van der Waals surface area contributed by atoms with Crippen molar-refractivity contribution >= 4 is 11.3 Å². The molecule has 0 radical (unpaired) electrons. The molecule has 0 aliphatic rings. The van der Waals surface area contributed by atoms with E-state index in [2.05, 4.69) is 196 Å². The zero-order chi connectivity index (χ0) is 49.5. The minimum absolute atomic E-state index is 0.266. The zero-order valence-electron chi connectivity index (χ0n) is 42.9. The second-order valence-electron chi connectivity index (χ2n) is 17.7. The van der Waals surface area contributed by atoms with E-state index in [0.29, 0.717) is 24.1 Å². The molecule has 8 rings (SSSR count). The van der Waals surface area contributed by atoms with Crippen molar-refractivity contribution in [3.63, 3.8) is 0 Å². The van der Waals surface area contributed by atoms with Crippen molar-refractivity contribution in [3.8, 4) is 22.3 Å². The Kier molecular flexibility index (Phi) is 13.0. The summed E-state index contributed by atoms with van der Waals surface area (Å²) < 4.78 is 38.8. The Balaban J connectivity index is 1.27. The van der Waals surface area contributed by atoms with Gasteiger partial charge in [0.1, 0.15) is 14.1 Å². The van der Waals surface area contributed by atoms with Gasteiger partial charge in [0, 0.05) is 54.5 Å². The van der Waals surface area contributed by atoms with Gasteiger partial charge in [-0.25, -0.2) is 9.13 Å². The second-order valence-corrected chi connectivity index (χ2v) is 17.7. The van der Waals surface area contributed by atoms with Gasteiger partial charge in [-0.3, -0.25) is 4.99 Å². The van der Waals surface area contributed by atoms with Crippen LogP contribution in [-0.2, 0) is 36.3 Å². The average Bonchev–Trinajstić information content (AvgIpc) is 3.38. The molecule has 2 unspecified atom stereocenters. The van der Waals surface area contributed by atoms with E-state index >= 15 is 0 Å². The Hall–Kier alpha value is -7.27. The van der Waals surface area contributed by atoms with Gasteiger partial charge < -0.3 is 4.74 Å². The van der Waals surface area contributed by atoms with Crippen molar-refractivity contribution in [1.29, 1.82) is 0 Å². The van der Waals surface area contributed by atoms with E-state index in [9.17, 15) is 4.11 Å². The topological polar surface area (TPSA) is 29.3 Å². The lowest BCUT2D eigenvalue weighted by molar-refractivity contribution is -0.685. The molecule has 67 heavy (non-hydrogen) atoms. The molecule has 0 aliphatic heterocycles. The fourth-order valence-corrected chi connectivity index (χ4v) is 9.81. The van der Waals surface area contributed by atoms with Crippen LogP contribution in [0.3, 0.4) is 0 Å². The molecule has 0 saturated carbocycles. The predicted molar refractivity (Wildman–Crippen MR) is 278 cm³/mol. The lowest BCUT2D eigenvalue weighted by Gasteiger charge is -2.32. The maximum Gasteiger partial charge on any atom is 0.218 e. The molecule has 6 aromatic carbocycles. The molecule has 0 amide bonds. The maximum atomic E-state index is 9.26. The molecule has 4 nitrogen and oxygen atoms in total. The highest BCUT2D eigenvalue weighted by atomic mass is 16.5. The van der Waals surface area contributed by atoms with Crippen molar-refractivity contribution in [3.05, 3.63) is 269 Å². The molecule has 2 atom stereocenters. The van der Waals surface area contributed by atoms with Gasteiger partial charge >= 0.3 is 0 Å². The summed E-state index contributed by atoms with van der Waals surface area (Å²) in [6, 6.07) is 64.8. The fourth-order valence-electron chi connectivity index (χ4n) is 9.81. The number of allylic oxidation sites excluding steroid dienone is 4. The Bertz CT molecular complexity index is 3130. The first-order valence-electron chi connectivity index (χ1n) is 24.6. The van der Waals surface area contributed by atoms with Crippen LogP contribution in [0.1, 0.15) is 74.6 Å². The predicted octanol–water partition coefficient (Wildman–Crippen LogP) is 13.3. The number of methoxy groups -OCH3 is 1. The molecule has 0 N–H and O–H groups in total.